The van der Waals surface area contributed by atoms with Crippen LogP contribution in [-0.2, 0) is 28.7 Å². The number of carboxylic acid groups (broad SMARTS) is 2. The minimum atomic E-state index is -2.71. The van der Waals surface area contributed by atoms with Crippen LogP contribution >= 0.6 is 0 Å². The van der Waals surface area contributed by atoms with E-state index in [1.54, 1.807) is 20.8 Å². The van der Waals surface area contributed by atoms with E-state index < -0.39 is 59.4 Å². The summed E-state index contributed by atoms with van der Waals surface area (Å²) in [4.78, 5) is 46.6. The van der Waals surface area contributed by atoms with Crippen molar-refractivity contribution in [2.24, 2.45) is 5.41 Å². The van der Waals surface area contributed by atoms with Crippen LogP contribution in [-0.4, -0.2) is 81.1 Å². The summed E-state index contributed by atoms with van der Waals surface area (Å²) >= 11 is 0. The van der Waals surface area contributed by atoms with Crippen LogP contribution in [0.3, 0.4) is 0 Å². The number of carbonyl (C=O) groups is 4. The van der Waals surface area contributed by atoms with Crippen molar-refractivity contribution in [2.75, 3.05) is 6.61 Å². The lowest BCUT2D eigenvalue weighted by Gasteiger charge is -2.48. The SMILES string of the molecule is CC(=O)N[C@@H]1[C@@H](NC(=O)C(C)(C)C)[C@H](O)[C@](OCCCCCC(=O)O)(C(=O)O)O[C@H]1O. The molecule has 0 bridgehead atoms. The van der Waals surface area contributed by atoms with Crippen LogP contribution in [0.15, 0.2) is 0 Å². The fraction of sp³-hybridized carbons (Fsp3) is 0.789. The number of aliphatic hydroxyl groups is 2. The first kappa shape index (κ1) is 26.8. The smallest absolute Gasteiger partial charge is 0.367 e. The zero-order chi connectivity index (χ0) is 24.0. The molecule has 2 amide bonds. The summed E-state index contributed by atoms with van der Waals surface area (Å²) in [6.45, 7) is 5.71. The van der Waals surface area contributed by atoms with Gasteiger partial charge in [-0.25, -0.2) is 4.79 Å². The maximum atomic E-state index is 12.5. The second-order valence-electron chi connectivity index (χ2n) is 8.45. The monoisotopic (exact) mass is 448 g/mol. The number of nitrogens with one attached hydrogen (secondary N) is 2. The van der Waals surface area contributed by atoms with Gasteiger partial charge in [-0.3, -0.25) is 14.4 Å². The number of ether oxygens (including phenoxy) is 2. The van der Waals surface area contributed by atoms with Gasteiger partial charge in [-0.1, -0.05) is 27.2 Å². The van der Waals surface area contributed by atoms with Crippen molar-refractivity contribution in [3.8, 4) is 0 Å². The van der Waals surface area contributed by atoms with Crippen LogP contribution in [0, 0.1) is 5.41 Å². The molecular formula is C19H32N2O10. The standard InChI is InChI=1S/C19H32N2O10/c1-10(22)20-13-12(21-16(27)18(2,3)4)14(25)19(17(28)29,31-15(13)26)30-9-7-5-6-8-11(23)24/h12-15,25-26H,5-9H2,1-4H3,(H,20,22)(H,21,27)(H,23,24)(H,28,29)/t12-,13-,14+,15-,19-/m1/s1. The summed E-state index contributed by atoms with van der Waals surface area (Å²) in [6, 6.07) is -2.78. The Hall–Kier alpha value is -2.28. The Labute approximate surface area is 179 Å². The van der Waals surface area contributed by atoms with Gasteiger partial charge in [-0.2, -0.15) is 0 Å². The van der Waals surface area contributed by atoms with E-state index in [1.165, 1.54) is 0 Å². The Morgan fingerprint density at radius 3 is 2.10 bits per heavy atom. The molecule has 0 radical (unpaired) electrons. The van der Waals surface area contributed by atoms with Gasteiger partial charge in [0.15, 0.2) is 6.29 Å². The molecule has 31 heavy (non-hydrogen) atoms. The Bertz CT molecular complexity index is 677. The highest BCUT2D eigenvalue weighted by atomic mass is 16.8. The number of amides is 2. The van der Waals surface area contributed by atoms with Gasteiger partial charge in [0.05, 0.1) is 12.6 Å². The predicted octanol–water partition coefficient (Wildman–Crippen LogP) is -0.826. The molecule has 5 atom stereocenters. The Balaban J connectivity index is 3.08. The third-order valence-corrected chi connectivity index (χ3v) is 4.72. The van der Waals surface area contributed by atoms with E-state index in [9.17, 15) is 34.5 Å². The van der Waals surface area contributed by atoms with Gasteiger partial charge in [-0.15, -0.1) is 0 Å². The highest BCUT2D eigenvalue weighted by molar-refractivity contribution is 5.83. The summed E-state index contributed by atoms with van der Waals surface area (Å²) < 4.78 is 10.5. The van der Waals surface area contributed by atoms with E-state index in [2.05, 4.69) is 10.6 Å². The van der Waals surface area contributed by atoms with Crippen LogP contribution in [0.5, 0.6) is 0 Å². The van der Waals surface area contributed by atoms with E-state index in [0.717, 1.165) is 6.92 Å². The third kappa shape index (κ3) is 7.13. The molecule has 12 heteroatoms. The lowest BCUT2D eigenvalue weighted by Crippen LogP contribution is -2.75. The minimum Gasteiger partial charge on any atom is -0.481 e. The van der Waals surface area contributed by atoms with Crippen molar-refractivity contribution >= 4 is 23.8 Å². The zero-order valence-corrected chi connectivity index (χ0v) is 18.1. The predicted molar refractivity (Wildman–Crippen MR) is 105 cm³/mol. The maximum absolute atomic E-state index is 12.5. The van der Waals surface area contributed by atoms with Gasteiger partial charge in [0, 0.05) is 18.8 Å². The maximum Gasteiger partial charge on any atom is 0.367 e. The molecule has 1 saturated heterocycles. The van der Waals surface area contributed by atoms with Crippen molar-refractivity contribution < 1.29 is 49.1 Å². The van der Waals surface area contributed by atoms with Crippen molar-refractivity contribution in [1.82, 2.24) is 10.6 Å². The second-order valence-corrected chi connectivity index (χ2v) is 8.45. The Morgan fingerprint density at radius 2 is 1.61 bits per heavy atom. The van der Waals surface area contributed by atoms with E-state index >= 15 is 0 Å². The van der Waals surface area contributed by atoms with Crippen LogP contribution in [0.2, 0.25) is 0 Å². The molecule has 6 N–H and O–H groups in total. The van der Waals surface area contributed by atoms with Gasteiger partial charge in [0.2, 0.25) is 11.8 Å². The van der Waals surface area contributed by atoms with E-state index in [-0.39, 0.29) is 19.4 Å². The molecule has 178 valence electrons. The van der Waals surface area contributed by atoms with Crippen molar-refractivity contribution in [2.45, 2.75) is 83.6 Å². The molecule has 0 aromatic carbocycles. The molecule has 1 rings (SSSR count). The number of hydrogen-bond donors (Lipinski definition) is 6. The number of aliphatic hydroxyl groups excluding tert-OH is 2. The first-order valence-corrected chi connectivity index (χ1v) is 9.93. The number of aliphatic carboxylic acids is 2. The normalized spacial score (nSPS) is 28.6. The van der Waals surface area contributed by atoms with Crippen LogP contribution in [0.4, 0.5) is 0 Å². The number of unbranched alkanes of at least 4 members (excludes halogenated alkanes) is 2. The molecule has 0 spiro atoms. The molecular weight excluding hydrogens is 416 g/mol. The highest BCUT2D eigenvalue weighted by Gasteiger charge is 2.61. The second kappa shape index (κ2) is 10.8. The topological polar surface area (TPSA) is 192 Å². The summed E-state index contributed by atoms with van der Waals surface area (Å²) in [5.74, 6) is -6.57. The van der Waals surface area contributed by atoms with Gasteiger partial charge in [0.1, 0.15) is 12.1 Å². The quantitative estimate of drug-likeness (QED) is 0.230. The molecule has 0 aromatic heterocycles. The average Bonchev–Trinajstić information content (AvgIpc) is 2.62. The Morgan fingerprint density at radius 1 is 1.00 bits per heavy atom. The summed E-state index contributed by atoms with van der Waals surface area (Å²) in [5.41, 5.74) is -0.916. The molecule has 12 nitrogen and oxygen atoms in total. The third-order valence-electron chi connectivity index (χ3n) is 4.72. The average molecular weight is 448 g/mol. The van der Waals surface area contributed by atoms with E-state index in [0.29, 0.717) is 12.8 Å². The number of carbonyl (C=O) groups excluding carboxylic acids is 2. The Kier molecular flexibility index (Phi) is 9.36. The molecule has 0 aromatic rings. The number of carboxylic acids is 2. The summed E-state index contributed by atoms with van der Waals surface area (Å²) in [6.07, 6.45) is -2.93. The lowest BCUT2D eigenvalue weighted by atomic mass is 9.88. The first-order valence-electron chi connectivity index (χ1n) is 9.93. The molecule has 1 aliphatic heterocycles. The largest absolute Gasteiger partial charge is 0.481 e. The zero-order valence-electron chi connectivity index (χ0n) is 18.1. The van der Waals surface area contributed by atoms with E-state index in [1.807, 2.05) is 0 Å². The molecule has 0 saturated carbocycles. The van der Waals surface area contributed by atoms with Crippen LogP contribution < -0.4 is 10.6 Å². The van der Waals surface area contributed by atoms with E-state index in [4.69, 9.17) is 14.6 Å². The van der Waals surface area contributed by atoms with Crippen LogP contribution in [0.25, 0.3) is 0 Å². The summed E-state index contributed by atoms with van der Waals surface area (Å²) in [5, 5.41) is 44.5. The molecule has 1 fully saturated rings. The fourth-order valence-electron chi connectivity index (χ4n) is 3.00. The van der Waals surface area contributed by atoms with Crippen molar-refractivity contribution in [1.29, 1.82) is 0 Å². The molecule has 0 unspecified atom stereocenters. The van der Waals surface area contributed by atoms with Gasteiger partial charge < -0.3 is 40.5 Å². The highest BCUT2D eigenvalue weighted by Crippen LogP contribution is 2.32. The first-order chi connectivity index (χ1) is 14.2. The van der Waals surface area contributed by atoms with Gasteiger partial charge in [-0.05, 0) is 12.8 Å². The van der Waals surface area contributed by atoms with Crippen LogP contribution in [0.1, 0.15) is 53.4 Å². The summed E-state index contributed by atoms with van der Waals surface area (Å²) in [7, 11) is 0. The molecule has 1 heterocycles. The molecule has 1 aliphatic rings. The minimum absolute atomic E-state index is 0.0543. The lowest BCUT2D eigenvalue weighted by molar-refractivity contribution is -0.353. The number of hydrogen-bond acceptors (Lipinski definition) is 8. The van der Waals surface area contributed by atoms with Crippen molar-refractivity contribution in [3.63, 3.8) is 0 Å². The molecule has 0 aliphatic carbocycles. The van der Waals surface area contributed by atoms with Gasteiger partial charge in [0.25, 0.3) is 5.79 Å². The fourth-order valence-corrected chi connectivity index (χ4v) is 3.00. The van der Waals surface area contributed by atoms with Gasteiger partial charge >= 0.3 is 11.9 Å². The number of rotatable bonds is 10. The van der Waals surface area contributed by atoms with Crippen molar-refractivity contribution in [3.05, 3.63) is 0 Å².